The average Bonchev–Trinajstić information content (AvgIpc) is 3.46. The van der Waals surface area contributed by atoms with Gasteiger partial charge in [0.2, 0.25) is 5.91 Å². The van der Waals surface area contributed by atoms with Crippen molar-refractivity contribution in [3.63, 3.8) is 0 Å². The molecule has 8 heteroatoms. The van der Waals surface area contributed by atoms with E-state index >= 15 is 0 Å². The highest BCUT2D eigenvalue weighted by molar-refractivity contribution is 7.10. The van der Waals surface area contributed by atoms with Crippen LogP contribution in [0.25, 0.3) is 10.9 Å². The molecule has 0 spiro atoms. The molecule has 2 N–H and O–H groups in total. The van der Waals surface area contributed by atoms with E-state index in [1.807, 2.05) is 73.0 Å². The molecule has 33 heavy (non-hydrogen) atoms. The molecule has 2 atom stereocenters. The van der Waals surface area contributed by atoms with Crippen LogP contribution in [0, 0.1) is 12.8 Å². The van der Waals surface area contributed by atoms with E-state index in [1.165, 1.54) is 11.3 Å². The monoisotopic (exact) mass is 458 g/mol. The number of nitrogens with two attached hydrogens (primary N) is 1. The molecule has 3 heterocycles. The summed E-state index contributed by atoms with van der Waals surface area (Å²) in [5.74, 6) is -0.524. The van der Waals surface area contributed by atoms with Crippen molar-refractivity contribution >= 4 is 45.6 Å². The lowest BCUT2D eigenvalue weighted by atomic mass is 9.99. The van der Waals surface area contributed by atoms with Gasteiger partial charge in [0.25, 0.3) is 0 Å². The maximum atomic E-state index is 13.2. The van der Waals surface area contributed by atoms with E-state index in [-0.39, 0.29) is 18.9 Å². The summed E-state index contributed by atoms with van der Waals surface area (Å²) >= 11 is 1.52. The van der Waals surface area contributed by atoms with Gasteiger partial charge in [0.15, 0.2) is 12.4 Å². The predicted molar refractivity (Wildman–Crippen MR) is 128 cm³/mol. The van der Waals surface area contributed by atoms with Gasteiger partial charge in [-0.3, -0.25) is 9.59 Å². The van der Waals surface area contributed by atoms with Crippen molar-refractivity contribution < 1.29 is 14.3 Å². The number of hydrogen-bond acceptors (Lipinski definition) is 7. The van der Waals surface area contributed by atoms with E-state index in [4.69, 9.17) is 10.5 Å². The molecule has 0 saturated carbocycles. The van der Waals surface area contributed by atoms with Crippen LogP contribution in [0.4, 0.5) is 11.5 Å². The lowest BCUT2D eigenvalue weighted by Crippen LogP contribution is -2.30. The molecule has 5 rings (SSSR count). The van der Waals surface area contributed by atoms with Crippen LogP contribution in [-0.4, -0.2) is 21.8 Å². The van der Waals surface area contributed by atoms with Gasteiger partial charge in [-0.1, -0.05) is 35.9 Å². The van der Waals surface area contributed by atoms with Gasteiger partial charge in [-0.2, -0.15) is 0 Å². The fourth-order valence-corrected chi connectivity index (χ4v) is 5.08. The molecule has 0 aliphatic carbocycles. The lowest BCUT2D eigenvalue weighted by Gasteiger charge is -2.27. The number of aryl methyl sites for hydroxylation is 1. The molecule has 2 aromatic carbocycles. The third-order valence-corrected chi connectivity index (χ3v) is 6.74. The number of para-hydroxylation sites is 1. The Bertz CT molecular complexity index is 1320. The van der Waals surface area contributed by atoms with Gasteiger partial charge >= 0.3 is 5.97 Å². The zero-order valence-corrected chi connectivity index (χ0v) is 18.8. The van der Waals surface area contributed by atoms with Crippen LogP contribution in [0.2, 0.25) is 0 Å². The van der Waals surface area contributed by atoms with Gasteiger partial charge in [-0.15, -0.1) is 11.3 Å². The number of carbonyl (C=O) groups is 2. The molecule has 1 fully saturated rings. The van der Waals surface area contributed by atoms with Crippen molar-refractivity contribution in [1.82, 2.24) is 9.97 Å². The average molecular weight is 459 g/mol. The molecule has 1 aliphatic rings. The second-order valence-electron chi connectivity index (χ2n) is 8.02. The Kier molecular flexibility index (Phi) is 5.51. The van der Waals surface area contributed by atoms with Crippen LogP contribution in [-0.2, 0) is 20.9 Å². The molecule has 166 valence electrons. The maximum absolute atomic E-state index is 13.2. The number of thiophene rings is 1. The molecule has 0 radical (unpaired) electrons. The Morgan fingerprint density at radius 3 is 2.67 bits per heavy atom. The van der Waals surface area contributed by atoms with Crippen LogP contribution in [0.1, 0.15) is 28.7 Å². The van der Waals surface area contributed by atoms with Gasteiger partial charge in [-0.05, 0) is 42.6 Å². The van der Waals surface area contributed by atoms with E-state index in [2.05, 4.69) is 9.97 Å². The van der Waals surface area contributed by atoms with Crippen molar-refractivity contribution in [3.05, 3.63) is 82.3 Å². The highest BCUT2D eigenvalue weighted by Crippen LogP contribution is 2.43. The Morgan fingerprint density at radius 1 is 1.12 bits per heavy atom. The summed E-state index contributed by atoms with van der Waals surface area (Å²) in [5, 5.41) is 2.69. The fourth-order valence-electron chi connectivity index (χ4n) is 4.20. The van der Waals surface area contributed by atoms with Crippen LogP contribution in [0.5, 0.6) is 0 Å². The molecule has 1 saturated heterocycles. The maximum Gasteiger partial charge on any atom is 0.312 e. The van der Waals surface area contributed by atoms with Crippen LogP contribution >= 0.6 is 11.3 Å². The first-order chi connectivity index (χ1) is 16.0. The quantitative estimate of drug-likeness (QED) is 0.445. The smallest absolute Gasteiger partial charge is 0.312 e. The number of esters is 1. The minimum atomic E-state index is -0.629. The fraction of sp³-hybridized carbons (Fsp3) is 0.200. The Hall–Kier alpha value is -3.78. The number of ether oxygens (including phenoxy) is 1. The number of aromatic nitrogens is 2. The van der Waals surface area contributed by atoms with Crippen molar-refractivity contribution in [3.8, 4) is 0 Å². The number of hydrogen-bond donors (Lipinski definition) is 1. The number of nitrogens with zero attached hydrogens (tertiary/aromatic N) is 3. The molecule has 7 nitrogen and oxygen atoms in total. The van der Waals surface area contributed by atoms with Gasteiger partial charge < -0.3 is 15.4 Å². The highest BCUT2D eigenvalue weighted by Gasteiger charge is 2.46. The first kappa shape index (κ1) is 21.1. The Labute approximate surface area is 194 Å². The summed E-state index contributed by atoms with van der Waals surface area (Å²) < 4.78 is 5.60. The Balaban J connectivity index is 1.40. The van der Waals surface area contributed by atoms with Crippen LogP contribution in [0.3, 0.4) is 0 Å². The van der Waals surface area contributed by atoms with Crippen LogP contribution < -0.4 is 10.6 Å². The summed E-state index contributed by atoms with van der Waals surface area (Å²) in [6.45, 7) is 1.88. The number of fused-ring (bicyclic) bond motifs is 1. The summed E-state index contributed by atoms with van der Waals surface area (Å²) in [6, 6.07) is 18.6. The van der Waals surface area contributed by atoms with Gasteiger partial charge in [0, 0.05) is 22.4 Å². The second-order valence-corrected chi connectivity index (χ2v) is 9.00. The van der Waals surface area contributed by atoms with Gasteiger partial charge in [0.1, 0.15) is 5.82 Å². The minimum Gasteiger partial charge on any atom is -0.457 e. The van der Waals surface area contributed by atoms with E-state index in [0.29, 0.717) is 17.2 Å². The normalized spacial score (nSPS) is 18.1. The summed E-state index contributed by atoms with van der Waals surface area (Å²) in [5.41, 5.74) is 8.60. The number of amides is 1. The second kappa shape index (κ2) is 8.63. The first-order valence-corrected chi connectivity index (χ1v) is 11.5. The van der Waals surface area contributed by atoms with Crippen molar-refractivity contribution in [1.29, 1.82) is 0 Å². The van der Waals surface area contributed by atoms with E-state index in [9.17, 15) is 9.59 Å². The molecule has 4 aromatic rings. The zero-order chi connectivity index (χ0) is 22.9. The van der Waals surface area contributed by atoms with Crippen molar-refractivity contribution in [2.45, 2.75) is 26.0 Å². The third kappa shape index (κ3) is 4.05. The standard InChI is InChI=1S/C25H22N4O3S/c1-15-8-10-16(11-9-15)29-22(30)13-18(23(29)20-7-4-12-33-20)25(31)32-14-21-27-19-6-3-2-5-17(19)24(26)28-21/h2-12,18,23H,13-14H2,1H3,(H2,26,27,28)/t18-,23+/m1/s1. The molecular weight excluding hydrogens is 436 g/mol. The first-order valence-electron chi connectivity index (χ1n) is 10.6. The van der Waals surface area contributed by atoms with Crippen molar-refractivity contribution in [2.24, 2.45) is 5.92 Å². The van der Waals surface area contributed by atoms with E-state index in [1.54, 1.807) is 4.90 Å². The van der Waals surface area contributed by atoms with E-state index < -0.39 is 17.9 Å². The molecule has 1 aliphatic heterocycles. The highest BCUT2D eigenvalue weighted by atomic mass is 32.1. The largest absolute Gasteiger partial charge is 0.457 e. The molecular formula is C25H22N4O3S. The third-order valence-electron chi connectivity index (χ3n) is 5.79. The SMILES string of the molecule is Cc1ccc(N2C(=O)C[C@@H](C(=O)OCc3nc(N)c4ccccc4n3)[C@H]2c2cccs2)cc1. The molecule has 2 aromatic heterocycles. The minimum absolute atomic E-state index is 0.0794. The Morgan fingerprint density at radius 2 is 1.91 bits per heavy atom. The van der Waals surface area contributed by atoms with Crippen molar-refractivity contribution in [2.75, 3.05) is 10.6 Å². The molecule has 0 unspecified atom stereocenters. The summed E-state index contributed by atoms with van der Waals surface area (Å²) in [4.78, 5) is 37.6. The lowest BCUT2D eigenvalue weighted by molar-refractivity contribution is -0.150. The van der Waals surface area contributed by atoms with E-state index in [0.717, 1.165) is 21.5 Å². The number of nitrogen functional groups attached to an aromatic ring is 1. The van der Waals surface area contributed by atoms with Gasteiger partial charge in [-0.25, -0.2) is 9.97 Å². The number of benzene rings is 2. The predicted octanol–water partition coefficient (Wildman–Crippen LogP) is 4.42. The van der Waals surface area contributed by atoms with Gasteiger partial charge in [0.05, 0.1) is 17.5 Å². The molecule has 1 amide bonds. The number of rotatable bonds is 5. The number of anilines is 2. The van der Waals surface area contributed by atoms with Crippen LogP contribution in [0.15, 0.2) is 66.0 Å². The summed E-state index contributed by atoms with van der Waals surface area (Å²) in [6.07, 6.45) is 0.0794. The zero-order valence-electron chi connectivity index (χ0n) is 18.0. The summed E-state index contributed by atoms with van der Waals surface area (Å²) in [7, 11) is 0. The number of carbonyl (C=O) groups excluding carboxylic acids is 2. The molecule has 0 bridgehead atoms. The topological polar surface area (TPSA) is 98.4 Å².